The second kappa shape index (κ2) is 8.89. The maximum atomic E-state index is 12.9. The molecule has 2 heterocycles. The highest BCUT2D eigenvalue weighted by Gasteiger charge is 2.50. The van der Waals surface area contributed by atoms with Gasteiger partial charge in [0.1, 0.15) is 5.75 Å². The van der Waals surface area contributed by atoms with Gasteiger partial charge in [-0.3, -0.25) is 24.1 Å². The molecule has 0 saturated carbocycles. The molecule has 4 atom stereocenters. The second-order valence-corrected chi connectivity index (χ2v) is 9.24. The summed E-state index contributed by atoms with van der Waals surface area (Å²) in [6, 6.07) is 16.0. The normalized spacial score (nSPS) is 26.2. The number of likely N-dealkylation sites (tertiary alicyclic amines) is 1. The number of hydrogen-bond donors (Lipinski definition) is 0. The van der Waals surface area contributed by atoms with Crippen molar-refractivity contribution in [3.63, 3.8) is 0 Å². The van der Waals surface area contributed by atoms with Crippen LogP contribution in [-0.4, -0.2) is 35.1 Å². The van der Waals surface area contributed by atoms with Crippen LogP contribution in [0.3, 0.4) is 0 Å². The molecule has 5 rings (SSSR count). The number of rotatable bonds is 5. The minimum absolute atomic E-state index is 0.0241. The highest BCUT2D eigenvalue weighted by atomic mass is 16.5. The van der Waals surface area contributed by atoms with Crippen molar-refractivity contribution in [1.29, 1.82) is 0 Å². The first kappa shape index (κ1) is 22.1. The van der Waals surface area contributed by atoms with Crippen LogP contribution in [0.2, 0.25) is 0 Å². The lowest BCUT2D eigenvalue weighted by molar-refractivity contribution is -0.139. The molecule has 174 valence electrons. The van der Waals surface area contributed by atoms with Crippen molar-refractivity contribution in [2.75, 3.05) is 11.4 Å². The standard InChI is InChI=1S/C27H26N2O5/c1-17-6-5-9-22-24(17)26(32)29(25(22)31)20-10-12-21(13-11-20)34-27(33)19-14-23(30)28(16-19)15-18-7-3-2-4-8-18/h2-8,10-13,17,19,22,24H,9,14-16H2,1H3/t17-,19+,22+,24+/m1/s1. The van der Waals surface area contributed by atoms with Gasteiger partial charge in [-0.1, -0.05) is 49.4 Å². The van der Waals surface area contributed by atoms with Gasteiger partial charge >= 0.3 is 5.97 Å². The Labute approximate surface area is 198 Å². The summed E-state index contributed by atoms with van der Waals surface area (Å²) in [4.78, 5) is 53.8. The first-order valence-electron chi connectivity index (χ1n) is 11.6. The van der Waals surface area contributed by atoms with Crippen molar-refractivity contribution in [1.82, 2.24) is 4.90 Å². The van der Waals surface area contributed by atoms with Gasteiger partial charge in [-0.2, -0.15) is 0 Å². The topological polar surface area (TPSA) is 84.0 Å². The van der Waals surface area contributed by atoms with E-state index >= 15 is 0 Å². The van der Waals surface area contributed by atoms with Crippen LogP contribution >= 0.6 is 0 Å². The molecule has 2 saturated heterocycles. The number of esters is 1. The number of hydrogen-bond acceptors (Lipinski definition) is 5. The number of fused-ring (bicyclic) bond motifs is 1. The SMILES string of the molecule is C[C@@H]1C=CC[C@@H]2C(=O)N(c3ccc(OC(=O)[C@H]4CC(=O)N(Cc5ccccc5)C4)cc3)C(=O)[C@@H]12. The number of allylic oxidation sites excluding steroid dienone is 2. The predicted molar refractivity (Wildman–Crippen MR) is 124 cm³/mol. The molecule has 0 spiro atoms. The Bertz CT molecular complexity index is 1160. The quantitative estimate of drug-likeness (QED) is 0.297. The minimum Gasteiger partial charge on any atom is -0.426 e. The first-order valence-corrected chi connectivity index (χ1v) is 11.6. The van der Waals surface area contributed by atoms with Gasteiger partial charge in [-0.25, -0.2) is 0 Å². The van der Waals surface area contributed by atoms with Crippen LogP contribution in [0.4, 0.5) is 5.69 Å². The van der Waals surface area contributed by atoms with Crippen molar-refractivity contribution < 1.29 is 23.9 Å². The number of benzene rings is 2. The number of anilines is 1. The van der Waals surface area contributed by atoms with E-state index in [9.17, 15) is 19.2 Å². The highest BCUT2D eigenvalue weighted by molar-refractivity contribution is 6.22. The zero-order valence-corrected chi connectivity index (χ0v) is 18.9. The van der Waals surface area contributed by atoms with Gasteiger partial charge in [0.2, 0.25) is 17.7 Å². The Morgan fingerprint density at radius 2 is 1.74 bits per heavy atom. The van der Waals surface area contributed by atoms with Crippen molar-refractivity contribution in [2.24, 2.45) is 23.7 Å². The second-order valence-electron chi connectivity index (χ2n) is 9.24. The molecule has 2 aliphatic heterocycles. The summed E-state index contributed by atoms with van der Waals surface area (Å²) in [5.74, 6) is -1.73. The van der Waals surface area contributed by atoms with E-state index in [0.717, 1.165) is 5.56 Å². The van der Waals surface area contributed by atoms with Crippen molar-refractivity contribution >= 4 is 29.4 Å². The average molecular weight is 459 g/mol. The summed E-state index contributed by atoms with van der Waals surface area (Å²) in [6.45, 7) is 2.74. The Morgan fingerprint density at radius 1 is 1.00 bits per heavy atom. The molecule has 7 heteroatoms. The van der Waals surface area contributed by atoms with E-state index < -0.39 is 11.9 Å². The maximum absolute atomic E-state index is 12.9. The van der Waals surface area contributed by atoms with E-state index in [1.165, 1.54) is 4.90 Å². The molecule has 2 aromatic rings. The highest BCUT2D eigenvalue weighted by Crippen LogP contribution is 2.40. The molecule has 3 amide bonds. The number of carbonyl (C=O) groups is 4. The molecule has 2 aromatic carbocycles. The zero-order valence-electron chi connectivity index (χ0n) is 18.9. The van der Waals surface area contributed by atoms with Crippen LogP contribution < -0.4 is 9.64 Å². The zero-order chi connectivity index (χ0) is 23.8. The lowest BCUT2D eigenvalue weighted by atomic mass is 9.78. The molecule has 2 fully saturated rings. The van der Waals surface area contributed by atoms with Crippen LogP contribution in [0.5, 0.6) is 5.75 Å². The number of ether oxygens (including phenoxy) is 1. The van der Waals surface area contributed by atoms with Gasteiger partial charge in [0.15, 0.2) is 0 Å². The van der Waals surface area contributed by atoms with Crippen molar-refractivity contribution in [2.45, 2.75) is 26.3 Å². The Morgan fingerprint density at radius 3 is 2.44 bits per heavy atom. The Hall–Kier alpha value is -3.74. The first-order chi connectivity index (χ1) is 16.4. The summed E-state index contributed by atoms with van der Waals surface area (Å²) >= 11 is 0. The lowest BCUT2D eigenvalue weighted by Gasteiger charge is -2.22. The summed E-state index contributed by atoms with van der Waals surface area (Å²) in [7, 11) is 0. The van der Waals surface area contributed by atoms with Gasteiger partial charge < -0.3 is 9.64 Å². The molecule has 0 bridgehead atoms. The molecule has 7 nitrogen and oxygen atoms in total. The molecular formula is C27H26N2O5. The third kappa shape index (κ3) is 4.02. The Balaban J connectivity index is 1.22. The van der Waals surface area contributed by atoms with E-state index in [1.807, 2.05) is 49.4 Å². The third-order valence-electron chi connectivity index (χ3n) is 6.95. The molecule has 0 N–H and O–H groups in total. The molecule has 34 heavy (non-hydrogen) atoms. The predicted octanol–water partition coefficient (Wildman–Crippen LogP) is 3.34. The van der Waals surface area contributed by atoms with Crippen LogP contribution in [0, 0.1) is 23.7 Å². The smallest absolute Gasteiger partial charge is 0.316 e. The van der Waals surface area contributed by atoms with E-state index in [1.54, 1.807) is 29.2 Å². The van der Waals surface area contributed by atoms with E-state index in [4.69, 9.17) is 4.74 Å². The lowest BCUT2D eigenvalue weighted by Crippen LogP contribution is -2.31. The molecule has 0 radical (unpaired) electrons. The van der Waals surface area contributed by atoms with E-state index in [2.05, 4.69) is 0 Å². The minimum atomic E-state index is -0.533. The number of carbonyl (C=O) groups excluding carboxylic acids is 4. The average Bonchev–Trinajstić information content (AvgIpc) is 3.32. The van der Waals surface area contributed by atoms with Crippen LogP contribution in [0.15, 0.2) is 66.7 Å². The molecule has 0 aromatic heterocycles. The van der Waals surface area contributed by atoms with Gasteiger partial charge in [0, 0.05) is 19.5 Å². The number of imide groups is 1. The molecule has 1 aliphatic carbocycles. The summed E-state index contributed by atoms with van der Waals surface area (Å²) < 4.78 is 5.51. The summed E-state index contributed by atoms with van der Waals surface area (Å²) in [5.41, 5.74) is 1.48. The molecule has 3 aliphatic rings. The maximum Gasteiger partial charge on any atom is 0.316 e. The summed E-state index contributed by atoms with van der Waals surface area (Å²) in [5, 5.41) is 0. The molecule has 0 unspecified atom stereocenters. The fourth-order valence-electron chi connectivity index (χ4n) is 5.15. The van der Waals surface area contributed by atoms with Crippen LogP contribution in [0.1, 0.15) is 25.3 Å². The summed E-state index contributed by atoms with van der Waals surface area (Å²) in [6.07, 6.45) is 4.66. The number of amides is 3. The van der Waals surface area contributed by atoms with Gasteiger partial charge in [0.05, 0.1) is 23.4 Å². The van der Waals surface area contributed by atoms with E-state index in [-0.39, 0.29) is 41.9 Å². The van der Waals surface area contributed by atoms with Gasteiger partial charge in [0.25, 0.3) is 0 Å². The monoisotopic (exact) mass is 458 g/mol. The number of nitrogens with zero attached hydrogens (tertiary/aromatic N) is 2. The fourth-order valence-corrected chi connectivity index (χ4v) is 5.15. The van der Waals surface area contributed by atoms with Crippen molar-refractivity contribution in [3.05, 3.63) is 72.3 Å². The van der Waals surface area contributed by atoms with Crippen LogP contribution in [-0.2, 0) is 25.7 Å². The fraction of sp³-hybridized carbons (Fsp3) is 0.333. The van der Waals surface area contributed by atoms with Crippen molar-refractivity contribution in [3.8, 4) is 5.75 Å². The van der Waals surface area contributed by atoms with E-state index in [0.29, 0.717) is 30.9 Å². The van der Waals surface area contributed by atoms with Crippen LogP contribution in [0.25, 0.3) is 0 Å². The molecular weight excluding hydrogens is 432 g/mol. The largest absolute Gasteiger partial charge is 0.426 e. The Kier molecular flexibility index (Phi) is 5.77. The van der Waals surface area contributed by atoms with Gasteiger partial charge in [-0.15, -0.1) is 0 Å². The third-order valence-corrected chi connectivity index (χ3v) is 6.95. The van der Waals surface area contributed by atoms with Gasteiger partial charge in [-0.05, 0) is 42.2 Å².